The maximum Gasteiger partial charge on any atom is 0.255 e. The fourth-order valence-corrected chi connectivity index (χ4v) is 2.17. The van der Waals surface area contributed by atoms with Crippen molar-refractivity contribution in [2.75, 3.05) is 5.32 Å². The van der Waals surface area contributed by atoms with Gasteiger partial charge in [0.1, 0.15) is 6.33 Å². The average Bonchev–Trinajstić information content (AvgIpc) is 3.05. The molecule has 0 spiro atoms. The number of rotatable bonds is 3. The van der Waals surface area contributed by atoms with Crippen LogP contribution in [0.15, 0.2) is 48.8 Å². The van der Waals surface area contributed by atoms with Crippen LogP contribution in [0, 0.1) is 13.8 Å². The van der Waals surface area contributed by atoms with Gasteiger partial charge in [0, 0.05) is 16.8 Å². The molecule has 0 unspecified atom stereocenters. The van der Waals surface area contributed by atoms with Crippen molar-refractivity contribution in [3.05, 3.63) is 65.5 Å². The van der Waals surface area contributed by atoms with Crippen LogP contribution in [0.2, 0.25) is 0 Å². The summed E-state index contributed by atoms with van der Waals surface area (Å²) in [5.74, 6) is 0.491. The SMILES string of the molecule is Cc1ccc(NC(=O)c2cccc(-c3ncn[nH]3)c2)cc1C. The Balaban J connectivity index is 1.83. The lowest BCUT2D eigenvalue weighted by Crippen LogP contribution is -2.12. The molecule has 2 aromatic carbocycles. The van der Waals surface area contributed by atoms with Gasteiger partial charge in [-0.3, -0.25) is 9.89 Å². The van der Waals surface area contributed by atoms with Crippen LogP contribution in [0.1, 0.15) is 21.5 Å². The molecule has 0 aliphatic carbocycles. The highest BCUT2D eigenvalue weighted by Gasteiger charge is 2.09. The van der Waals surface area contributed by atoms with E-state index in [1.54, 1.807) is 12.1 Å². The van der Waals surface area contributed by atoms with E-state index in [2.05, 4.69) is 20.5 Å². The summed E-state index contributed by atoms with van der Waals surface area (Å²) in [6.07, 6.45) is 1.44. The molecule has 22 heavy (non-hydrogen) atoms. The Morgan fingerprint density at radius 3 is 2.68 bits per heavy atom. The molecule has 2 N–H and O–H groups in total. The van der Waals surface area contributed by atoms with Crippen molar-refractivity contribution in [2.24, 2.45) is 0 Å². The van der Waals surface area contributed by atoms with Gasteiger partial charge in [-0.15, -0.1) is 0 Å². The van der Waals surface area contributed by atoms with Gasteiger partial charge in [0.25, 0.3) is 5.91 Å². The predicted molar refractivity (Wildman–Crippen MR) is 85.7 cm³/mol. The molecule has 0 aliphatic rings. The van der Waals surface area contributed by atoms with Crippen LogP contribution in [-0.2, 0) is 0 Å². The highest BCUT2D eigenvalue weighted by Crippen LogP contribution is 2.18. The first-order chi connectivity index (χ1) is 10.6. The second kappa shape index (κ2) is 5.81. The molecular formula is C17H16N4O. The van der Waals surface area contributed by atoms with E-state index in [1.165, 1.54) is 11.9 Å². The number of nitrogens with one attached hydrogen (secondary N) is 2. The molecule has 0 atom stereocenters. The molecule has 1 amide bonds. The van der Waals surface area contributed by atoms with Crippen LogP contribution in [0.5, 0.6) is 0 Å². The van der Waals surface area contributed by atoms with Crippen molar-refractivity contribution >= 4 is 11.6 Å². The highest BCUT2D eigenvalue weighted by molar-refractivity contribution is 6.04. The van der Waals surface area contributed by atoms with Crippen molar-refractivity contribution in [1.82, 2.24) is 15.2 Å². The quantitative estimate of drug-likeness (QED) is 0.777. The number of aromatic nitrogens is 3. The van der Waals surface area contributed by atoms with Crippen LogP contribution in [0.4, 0.5) is 5.69 Å². The normalized spacial score (nSPS) is 10.5. The fourth-order valence-electron chi connectivity index (χ4n) is 2.17. The summed E-state index contributed by atoms with van der Waals surface area (Å²) in [6.45, 7) is 4.07. The lowest BCUT2D eigenvalue weighted by molar-refractivity contribution is 0.102. The average molecular weight is 292 g/mol. The maximum atomic E-state index is 12.4. The Kier molecular flexibility index (Phi) is 3.70. The van der Waals surface area contributed by atoms with Gasteiger partial charge in [0.2, 0.25) is 0 Å². The Labute approximate surface area is 128 Å². The topological polar surface area (TPSA) is 70.7 Å². The molecule has 5 nitrogen and oxygen atoms in total. The van der Waals surface area contributed by atoms with Crippen LogP contribution in [0.3, 0.4) is 0 Å². The van der Waals surface area contributed by atoms with Gasteiger partial charge in [0.05, 0.1) is 0 Å². The number of carbonyl (C=O) groups is 1. The zero-order valence-electron chi connectivity index (χ0n) is 12.4. The summed E-state index contributed by atoms with van der Waals surface area (Å²) in [5.41, 5.74) is 4.54. The molecule has 0 radical (unpaired) electrons. The second-order valence-electron chi connectivity index (χ2n) is 5.17. The number of amides is 1. The Morgan fingerprint density at radius 1 is 1.09 bits per heavy atom. The van der Waals surface area contributed by atoms with E-state index in [-0.39, 0.29) is 5.91 Å². The number of aryl methyl sites for hydroxylation is 2. The first kappa shape index (κ1) is 14.0. The monoisotopic (exact) mass is 292 g/mol. The molecule has 0 saturated heterocycles. The van der Waals surface area contributed by atoms with E-state index >= 15 is 0 Å². The van der Waals surface area contributed by atoms with Gasteiger partial charge >= 0.3 is 0 Å². The van der Waals surface area contributed by atoms with Crippen LogP contribution in [0.25, 0.3) is 11.4 Å². The summed E-state index contributed by atoms with van der Waals surface area (Å²) >= 11 is 0. The van der Waals surface area contributed by atoms with E-state index < -0.39 is 0 Å². The zero-order chi connectivity index (χ0) is 15.5. The third-order valence-electron chi connectivity index (χ3n) is 3.58. The van der Waals surface area contributed by atoms with E-state index in [4.69, 9.17) is 0 Å². The lowest BCUT2D eigenvalue weighted by Gasteiger charge is -2.08. The number of aromatic amines is 1. The standard InChI is InChI=1S/C17H16N4O/c1-11-6-7-15(8-12(11)2)20-17(22)14-5-3-4-13(9-14)16-18-10-19-21-16/h3-10H,1-2H3,(H,20,22)(H,18,19,21). The number of H-pyrrole nitrogens is 1. The number of nitrogens with zero attached hydrogens (tertiary/aromatic N) is 2. The van der Waals surface area contributed by atoms with E-state index in [1.807, 2.05) is 44.2 Å². The third kappa shape index (κ3) is 2.88. The van der Waals surface area contributed by atoms with Gasteiger partial charge in [-0.1, -0.05) is 18.2 Å². The van der Waals surface area contributed by atoms with Crippen molar-refractivity contribution in [1.29, 1.82) is 0 Å². The fraction of sp³-hybridized carbons (Fsp3) is 0.118. The first-order valence-corrected chi connectivity index (χ1v) is 6.98. The Bertz CT molecular complexity index is 809. The molecular weight excluding hydrogens is 276 g/mol. The summed E-state index contributed by atoms with van der Waals surface area (Å²) in [7, 11) is 0. The molecule has 3 aromatic rings. The summed E-state index contributed by atoms with van der Waals surface area (Å²) < 4.78 is 0. The smallest absolute Gasteiger partial charge is 0.255 e. The molecule has 110 valence electrons. The minimum atomic E-state index is -0.149. The van der Waals surface area contributed by atoms with E-state index in [0.717, 1.165) is 16.8 Å². The van der Waals surface area contributed by atoms with Gasteiger partial charge in [-0.25, -0.2) is 4.98 Å². The van der Waals surface area contributed by atoms with Gasteiger partial charge in [0.15, 0.2) is 5.82 Å². The number of benzene rings is 2. The van der Waals surface area contributed by atoms with Crippen LogP contribution < -0.4 is 5.32 Å². The summed E-state index contributed by atoms with van der Waals surface area (Å²) in [4.78, 5) is 16.5. The lowest BCUT2D eigenvalue weighted by atomic mass is 10.1. The van der Waals surface area contributed by atoms with Crippen molar-refractivity contribution in [3.8, 4) is 11.4 Å². The van der Waals surface area contributed by atoms with Crippen molar-refractivity contribution in [2.45, 2.75) is 13.8 Å². The zero-order valence-corrected chi connectivity index (χ0v) is 12.4. The number of hydrogen-bond donors (Lipinski definition) is 2. The van der Waals surface area contributed by atoms with Gasteiger partial charge in [-0.2, -0.15) is 5.10 Å². The molecule has 1 aromatic heterocycles. The third-order valence-corrected chi connectivity index (χ3v) is 3.58. The molecule has 5 heteroatoms. The van der Waals surface area contributed by atoms with Gasteiger partial charge < -0.3 is 5.32 Å². The minimum Gasteiger partial charge on any atom is -0.322 e. The number of carbonyl (C=O) groups excluding carboxylic acids is 1. The summed E-state index contributed by atoms with van der Waals surface area (Å²) in [6, 6.07) is 13.1. The number of anilines is 1. The van der Waals surface area contributed by atoms with Gasteiger partial charge in [-0.05, 0) is 49.2 Å². The number of hydrogen-bond acceptors (Lipinski definition) is 3. The predicted octanol–water partition coefficient (Wildman–Crippen LogP) is 3.34. The second-order valence-corrected chi connectivity index (χ2v) is 5.17. The molecule has 0 saturated carbocycles. The van der Waals surface area contributed by atoms with Crippen LogP contribution in [-0.4, -0.2) is 21.1 Å². The molecule has 1 heterocycles. The Morgan fingerprint density at radius 2 is 1.95 bits per heavy atom. The Hall–Kier alpha value is -2.95. The molecule has 0 fully saturated rings. The van der Waals surface area contributed by atoms with E-state index in [0.29, 0.717) is 11.4 Å². The maximum absolute atomic E-state index is 12.4. The van der Waals surface area contributed by atoms with Crippen molar-refractivity contribution in [3.63, 3.8) is 0 Å². The molecule has 3 rings (SSSR count). The van der Waals surface area contributed by atoms with Crippen molar-refractivity contribution < 1.29 is 4.79 Å². The summed E-state index contributed by atoms with van der Waals surface area (Å²) in [5, 5.41) is 9.53. The largest absolute Gasteiger partial charge is 0.322 e. The molecule has 0 aliphatic heterocycles. The van der Waals surface area contributed by atoms with Crippen LogP contribution >= 0.6 is 0 Å². The minimum absolute atomic E-state index is 0.149. The first-order valence-electron chi connectivity index (χ1n) is 6.98. The highest BCUT2D eigenvalue weighted by atomic mass is 16.1. The molecule has 0 bridgehead atoms. The van der Waals surface area contributed by atoms with E-state index in [9.17, 15) is 4.79 Å².